The van der Waals surface area contributed by atoms with Gasteiger partial charge in [0.05, 0.1) is 12.5 Å². The van der Waals surface area contributed by atoms with Crippen LogP contribution in [0.3, 0.4) is 0 Å². The largest absolute Gasteiger partial charge is 0.481 e. The average Bonchev–Trinajstić information content (AvgIpc) is 2.89. The van der Waals surface area contributed by atoms with Gasteiger partial charge in [-0.05, 0) is 17.9 Å². The second-order valence-electron chi connectivity index (χ2n) is 4.53. The molecule has 0 radical (unpaired) electrons. The van der Waals surface area contributed by atoms with Gasteiger partial charge in [-0.2, -0.15) is 11.3 Å². The van der Waals surface area contributed by atoms with Crippen molar-refractivity contribution in [3.63, 3.8) is 0 Å². The number of carbonyl (C=O) groups is 1. The topological polar surface area (TPSA) is 72.8 Å². The smallest absolute Gasteiger partial charge is 0.308 e. The molecule has 1 aliphatic rings. The van der Waals surface area contributed by atoms with Crippen molar-refractivity contribution in [1.82, 2.24) is 5.32 Å². The van der Waals surface area contributed by atoms with E-state index >= 15 is 0 Å². The summed E-state index contributed by atoms with van der Waals surface area (Å²) in [7, 11) is 0. The highest BCUT2D eigenvalue weighted by molar-refractivity contribution is 7.08. The lowest BCUT2D eigenvalue weighted by atomic mass is 9.94. The zero-order valence-corrected chi connectivity index (χ0v) is 10.9. The minimum Gasteiger partial charge on any atom is -0.481 e. The van der Waals surface area contributed by atoms with E-state index < -0.39 is 5.97 Å². The van der Waals surface area contributed by atoms with Gasteiger partial charge in [0.2, 0.25) is 0 Å². The van der Waals surface area contributed by atoms with Gasteiger partial charge in [-0.1, -0.05) is 0 Å². The molecule has 0 aromatic carbocycles. The lowest BCUT2D eigenvalue weighted by Gasteiger charge is -2.37. The number of carboxylic acid groups (broad SMARTS) is 1. The molecule has 5 nitrogen and oxygen atoms in total. The summed E-state index contributed by atoms with van der Waals surface area (Å²) < 4.78 is 0. The lowest BCUT2D eigenvalue weighted by Crippen LogP contribution is -2.51. The Labute approximate surface area is 110 Å². The third-order valence-electron chi connectivity index (χ3n) is 3.22. The van der Waals surface area contributed by atoms with E-state index in [0.717, 1.165) is 12.2 Å². The molecule has 1 aliphatic heterocycles. The van der Waals surface area contributed by atoms with Gasteiger partial charge in [0.15, 0.2) is 0 Å². The Kier molecular flexibility index (Phi) is 4.57. The van der Waals surface area contributed by atoms with Crippen molar-refractivity contribution >= 4 is 23.0 Å². The molecule has 2 unspecified atom stereocenters. The van der Waals surface area contributed by atoms with Crippen LogP contribution in [0.25, 0.3) is 0 Å². The summed E-state index contributed by atoms with van der Waals surface area (Å²) in [5, 5.41) is 25.3. The fourth-order valence-corrected chi connectivity index (χ4v) is 3.01. The van der Waals surface area contributed by atoms with Gasteiger partial charge < -0.3 is 20.4 Å². The summed E-state index contributed by atoms with van der Waals surface area (Å²) in [5.74, 6) is -1.10. The molecule has 0 amide bonds. The summed E-state index contributed by atoms with van der Waals surface area (Å²) in [6.07, 6.45) is 0.621. The van der Waals surface area contributed by atoms with E-state index in [1.807, 2.05) is 16.8 Å². The van der Waals surface area contributed by atoms with Crippen molar-refractivity contribution < 1.29 is 15.0 Å². The number of hydrogen-bond donors (Lipinski definition) is 3. The van der Waals surface area contributed by atoms with E-state index in [0.29, 0.717) is 19.5 Å². The molecule has 0 saturated carbocycles. The van der Waals surface area contributed by atoms with Crippen LogP contribution >= 0.6 is 11.3 Å². The van der Waals surface area contributed by atoms with E-state index in [9.17, 15) is 9.90 Å². The molecule has 100 valence electrons. The molecule has 2 heterocycles. The zero-order chi connectivity index (χ0) is 13.0. The standard InChI is InChI=1S/C12H18N2O3S/c15-3-2-13-10-5-9(12(16)17)6-14(7-10)11-1-4-18-8-11/h1,4,8-10,13,15H,2-3,5-7H2,(H,16,17). The van der Waals surface area contributed by atoms with Gasteiger partial charge in [-0.15, -0.1) is 0 Å². The van der Waals surface area contributed by atoms with Crippen molar-refractivity contribution in [1.29, 1.82) is 0 Å². The van der Waals surface area contributed by atoms with Crippen molar-refractivity contribution in [2.24, 2.45) is 5.92 Å². The van der Waals surface area contributed by atoms with E-state index in [1.54, 1.807) is 11.3 Å². The number of hydrogen-bond acceptors (Lipinski definition) is 5. The molecule has 2 atom stereocenters. The SMILES string of the molecule is O=C(O)C1CC(NCCO)CN(c2ccsc2)C1. The number of aliphatic hydroxyl groups excluding tert-OH is 1. The summed E-state index contributed by atoms with van der Waals surface area (Å²) in [6.45, 7) is 1.94. The van der Waals surface area contributed by atoms with E-state index in [2.05, 4.69) is 10.2 Å². The molecule has 1 aromatic heterocycles. The molecule has 1 fully saturated rings. The Morgan fingerprint density at radius 2 is 2.39 bits per heavy atom. The fraction of sp³-hybridized carbons (Fsp3) is 0.583. The van der Waals surface area contributed by atoms with Gasteiger partial charge >= 0.3 is 5.97 Å². The first-order chi connectivity index (χ1) is 8.70. The predicted octanol–water partition coefficient (Wildman–Crippen LogP) is 0.609. The van der Waals surface area contributed by atoms with Crippen LogP contribution in [0.2, 0.25) is 0 Å². The van der Waals surface area contributed by atoms with Crippen LogP contribution in [-0.2, 0) is 4.79 Å². The third kappa shape index (κ3) is 3.22. The molecular weight excluding hydrogens is 252 g/mol. The monoisotopic (exact) mass is 270 g/mol. The zero-order valence-electron chi connectivity index (χ0n) is 10.1. The Bertz CT molecular complexity index is 383. The van der Waals surface area contributed by atoms with Gasteiger partial charge in [0.1, 0.15) is 0 Å². The molecule has 3 N–H and O–H groups in total. The second kappa shape index (κ2) is 6.17. The molecule has 0 spiro atoms. The van der Waals surface area contributed by atoms with Gasteiger partial charge in [-0.25, -0.2) is 0 Å². The van der Waals surface area contributed by atoms with Crippen LogP contribution in [-0.4, -0.2) is 48.5 Å². The molecule has 0 aliphatic carbocycles. The number of anilines is 1. The first-order valence-electron chi connectivity index (χ1n) is 6.05. The van der Waals surface area contributed by atoms with Crippen LogP contribution < -0.4 is 10.2 Å². The highest BCUT2D eigenvalue weighted by Gasteiger charge is 2.31. The average molecular weight is 270 g/mol. The maximum Gasteiger partial charge on any atom is 0.308 e. The molecule has 2 rings (SSSR count). The number of nitrogens with one attached hydrogen (secondary N) is 1. The number of aliphatic carboxylic acids is 1. The Morgan fingerprint density at radius 3 is 3.00 bits per heavy atom. The Morgan fingerprint density at radius 1 is 1.56 bits per heavy atom. The van der Waals surface area contributed by atoms with Crippen LogP contribution in [0, 0.1) is 5.92 Å². The number of carboxylic acids is 1. The quantitative estimate of drug-likeness (QED) is 0.731. The highest BCUT2D eigenvalue weighted by atomic mass is 32.1. The highest BCUT2D eigenvalue weighted by Crippen LogP contribution is 2.25. The van der Waals surface area contributed by atoms with Crippen molar-refractivity contribution in [3.8, 4) is 0 Å². The molecule has 1 saturated heterocycles. The molecule has 1 aromatic rings. The first kappa shape index (κ1) is 13.3. The molecule has 6 heteroatoms. The number of aliphatic hydroxyl groups is 1. The van der Waals surface area contributed by atoms with Crippen LogP contribution in [0.15, 0.2) is 16.8 Å². The summed E-state index contributed by atoms with van der Waals surface area (Å²) >= 11 is 1.61. The van der Waals surface area contributed by atoms with E-state index in [1.165, 1.54) is 0 Å². The summed E-state index contributed by atoms with van der Waals surface area (Å²) in [4.78, 5) is 13.3. The maximum absolute atomic E-state index is 11.2. The van der Waals surface area contributed by atoms with Crippen LogP contribution in [0.5, 0.6) is 0 Å². The molecule has 18 heavy (non-hydrogen) atoms. The molecular formula is C12H18N2O3S. The molecule has 0 bridgehead atoms. The van der Waals surface area contributed by atoms with Crippen LogP contribution in [0.4, 0.5) is 5.69 Å². The van der Waals surface area contributed by atoms with Crippen LogP contribution in [0.1, 0.15) is 6.42 Å². The first-order valence-corrected chi connectivity index (χ1v) is 6.99. The fourth-order valence-electron chi connectivity index (χ4n) is 2.34. The van der Waals surface area contributed by atoms with Crippen molar-refractivity contribution in [2.45, 2.75) is 12.5 Å². The lowest BCUT2D eigenvalue weighted by molar-refractivity contribution is -0.142. The summed E-state index contributed by atoms with van der Waals surface area (Å²) in [6, 6.07) is 2.13. The van der Waals surface area contributed by atoms with E-state index in [-0.39, 0.29) is 18.6 Å². The Balaban J connectivity index is 2.04. The minimum absolute atomic E-state index is 0.0761. The number of rotatable bonds is 5. The third-order valence-corrected chi connectivity index (χ3v) is 3.89. The second-order valence-corrected chi connectivity index (χ2v) is 5.31. The van der Waals surface area contributed by atoms with Crippen molar-refractivity contribution in [2.75, 3.05) is 31.1 Å². The predicted molar refractivity (Wildman–Crippen MR) is 71.2 cm³/mol. The summed E-state index contributed by atoms with van der Waals surface area (Å²) in [5.41, 5.74) is 1.08. The van der Waals surface area contributed by atoms with Gasteiger partial charge in [-0.3, -0.25) is 4.79 Å². The Hall–Kier alpha value is -1.11. The number of nitrogens with zero attached hydrogens (tertiary/aromatic N) is 1. The maximum atomic E-state index is 11.2. The van der Waals surface area contributed by atoms with Crippen molar-refractivity contribution in [3.05, 3.63) is 16.8 Å². The van der Waals surface area contributed by atoms with E-state index in [4.69, 9.17) is 5.11 Å². The minimum atomic E-state index is -0.745. The van der Waals surface area contributed by atoms with Gasteiger partial charge in [0, 0.05) is 36.7 Å². The normalized spacial score (nSPS) is 24.2. The number of thiophene rings is 1. The van der Waals surface area contributed by atoms with Gasteiger partial charge in [0.25, 0.3) is 0 Å². The number of piperidine rings is 1.